The third-order valence-electron chi connectivity index (χ3n) is 12.3. The first-order chi connectivity index (χ1) is 34.5. The molecule has 400 valence electrons. The number of hydrogen-bond donors (Lipinski definition) is 0. The highest BCUT2D eigenvalue weighted by molar-refractivity contribution is 5.71. The second-order valence-electron chi connectivity index (χ2n) is 19.1. The molecule has 0 rings (SSSR count). The molecule has 0 aliphatic rings. The maximum Gasteiger partial charge on any atom is 0.306 e. The molecule has 6 nitrogen and oxygen atoms in total. The van der Waals surface area contributed by atoms with Crippen LogP contribution in [0.2, 0.25) is 0 Å². The van der Waals surface area contributed by atoms with Crippen molar-refractivity contribution in [3.63, 3.8) is 0 Å². The molecule has 0 radical (unpaired) electrons. The van der Waals surface area contributed by atoms with Crippen molar-refractivity contribution in [2.45, 2.75) is 277 Å². The summed E-state index contributed by atoms with van der Waals surface area (Å²) in [6.45, 7) is 6.32. The number of esters is 3. The van der Waals surface area contributed by atoms with Gasteiger partial charge in [-0.15, -0.1) is 0 Å². The van der Waals surface area contributed by atoms with Crippen molar-refractivity contribution in [2.24, 2.45) is 0 Å². The van der Waals surface area contributed by atoms with Crippen LogP contribution < -0.4 is 0 Å². The average Bonchev–Trinajstić information content (AvgIpc) is 3.36. The van der Waals surface area contributed by atoms with Crippen LogP contribution in [-0.4, -0.2) is 37.2 Å². The van der Waals surface area contributed by atoms with E-state index < -0.39 is 6.10 Å². The molecule has 0 saturated carbocycles. The van der Waals surface area contributed by atoms with Crippen molar-refractivity contribution in [2.75, 3.05) is 13.2 Å². The predicted molar refractivity (Wildman–Crippen MR) is 302 cm³/mol. The van der Waals surface area contributed by atoms with Gasteiger partial charge in [-0.2, -0.15) is 0 Å². The van der Waals surface area contributed by atoms with Crippen LogP contribution in [0, 0.1) is 0 Å². The number of carbonyl (C=O) groups excluding carboxylic acids is 3. The van der Waals surface area contributed by atoms with Gasteiger partial charge in [0.1, 0.15) is 13.2 Å². The average molecular weight is 974 g/mol. The van der Waals surface area contributed by atoms with Crippen molar-refractivity contribution >= 4 is 17.9 Å². The molecule has 1 unspecified atom stereocenters. The minimum absolute atomic E-state index is 0.0918. The molecule has 1 atom stereocenters. The number of unbranched alkanes of at least 4 members (excludes halogenated alkanes) is 25. The molecule has 70 heavy (non-hydrogen) atoms. The molecule has 0 bridgehead atoms. The van der Waals surface area contributed by atoms with Gasteiger partial charge < -0.3 is 14.2 Å². The van der Waals surface area contributed by atoms with Crippen molar-refractivity contribution in [1.82, 2.24) is 0 Å². The predicted octanol–water partition coefficient (Wildman–Crippen LogP) is 19.7. The van der Waals surface area contributed by atoms with Crippen LogP contribution >= 0.6 is 0 Å². The van der Waals surface area contributed by atoms with E-state index >= 15 is 0 Å². The molecule has 0 aromatic carbocycles. The zero-order valence-electron chi connectivity index (χ0n) is 45.8. The topological polar surface area (TPSA) is 78.9 Å². The van der Waals surface area contributed by atoms with Gasteiger partial charge in [0, 0.05) is 19.3 Å². The van der Waals surface area contributed by atoms with Crippen molar-refractivity contribution in [3.8, 4) is 0 Å². The lowest BCUT2D eigenvalue weighted by Crippen LogP contribution is -2.30. The Bertz CT molecular complexity index is 1400. The summed E-state index contributed by atoms with van der Waals surface area (Å²) < 4.78 is 16.7. The van der Waals surface area contributed by atoms with Crippen molar-refractivity contribution in [3.05, 3.63) is 97.2 Å². The summed E-state index contributed by atoms with van der Waals surface area (Å²) >= 11 is 0. The Morgan fingerprint density at radius 1 is 0.300 bits per heavy atom. The van der Waals surface area contributed by atoms with Gasteiger partial charge in [-0.1, -0.05) is 253 Å². The number of carbonyl (C=O) groups is 3. The highest BCUT2D eigenvalue weighted by Gasteiger charge is 2.19. The maximum atomic E-state index is 12.7. The molecule has 0 saturated heterocycles. The highest BCUT2D eigenvalue weighted by Crippen LogP contribution is 2.16. The Morgan fingerprint density at radius 3 is 0.900 bits per heavy atom. The molecule has 0 heterocycles. The third-order valence-corrected chi connectivity index (χ3v) is 12.3. The van der Waals surface area contributed by atoms with E-state index in [1.54, 1.807) is 0 Å². The van der Waals surface area contributed by atoms with E-state index in [-0.39, 0.29) is 37.5 Å². The summed E-state index contributed by atoms with van der Waals surface area (Å²) in [7, 11) is 0. The number of hydrogen-bond acceptors (Lipinski definition) is 6. The van der Waals surface area contributed by atoms with E-state index in [1.807, 2.05) is 0 Å². The first kappa shape index (κ1) is 66.3. The standard InChI is InChI=1S/C64H108O6/c1-4-7-10-13-16-18-20-22-24-25-26-27-28-29-30-31-32-33-34-35-36-37-38-39-41-42-44-46-48-51-54-57-63(66)69-60-61(59-68-62(65)56-53-50-15-12-9-6-3)70-64(67)58-55-52-49-47-45-43-40-23-21-19-17-14-11-8-5-2/h7-8,10-11,16-19,22-24,26-27,40,45,47,61H,4-6,9,12-15,20-21,25,28-39,41-44,46,48-60H2,1-3H3/b10-7-,11-8-,18-16-,19-17-,24-22-,27-26-,40-23-,47-45-. The second-order valence-corrected chi connectivity index (χ2v) is 19.1. The largest absolute Gasteiger partial charge is 0.462 e. The van der Waals surface area contributed by atoms with E-state index in [2.05, 4.69) is 118 Å². The van der Waals surface area contributed by atoms with Gasteiger partial charge in [0.05, 0.1) is 0 Å². The van der Waals surface area contributed by atoms with Crippen LogP contribution in [0.5, 0.6) is 0 Å². The van der Waals surface area contributed by atoms with Gasteiger partial charge in [-0.25, -0.2) is 0 Å². The molecule has 0 amide bonds. The van der Waals surface area contributed by atoms with Gasteiger partial charge in [0.25, 0.3) is 0 Å². The summed E-state index contributed by atoms with van der Waals surface area (Å²) in [5.41, 5.74) is 0. The minimum atomic E-state index is -0.794. The smallest absolute Gasteiger partial charge is 0.306 e. The summed E-state index contributed by atoms with van der Waals surface area (Å²) in [5.74, 6) is -0.940. The van der Waals surface area contributed by atoms with Gasteiger partial charge >= 0.3 is 17.9 Å². The van der Waals surface area contributed by atoms with Crippen LogP contribution in [0.25, 0.3) is 0 Å². The highest BCUT2D eigenvalue weighted by atomic mass is 16.6. The van der Waals surface area contributed by atoms with E-state index in [1.165, 1.54) is 122 Å². The van der Waals surface area contributed by atoms with E-state index in [4.69, 9.17) is 14.2 Å². The van der Waals surface area contributed by atoms with Crippen molar-refractivity contribution in [1.29, 1.82) is 0 Å². The van der Waals surface area contributed by atoms with Crippen LogP contribution in [0.15, 0.2) is 97.2 Å². The number of ether oxygens (including phenoxy) is 3. The molecular formula is C64H108O6. The van der Waals surface area contributed by atoms with E-state index in [0.29, 0.717) is 19.3 Å². The number of rotatable bonds is 52. The normalized spacial score (nSPS) is 12.8. The molecule has 0 N–H and O–H groups in total. The summed E-state index contributed by atoms with van der Waals surface area (Å²) in [6, 6.07) is 0. The Morgan fingerprint density at radius 2 is 0.557 bits per heavy atom. The summed E-state index contributed by atoms with van der Waals surface area (Å²) in [6.07, 6.45) is 77.4. The molecule has 6 heteroatoms. The third kappa shape index (κ3) is 55.3. The van der Waals surface area contributed by atoms with E-state index in [0.717, 1.165) is 103 Å². The first-order valence-corrected chi connectivity index (χ1v) is 29.2. The van der Waals surface area contributed by atoms with Crippen LogP contribution in [0.3, 0.4) is 0 Å². The Labute approximate surface area is 432 Å². The Balaban J connectivity index is 4.04. The first-order valence-electron chi connectivity index (χ1n) is 29.2. The summed E-state index contributed by atoms with van der Waals surface area (Å²) in [5, 5.41) is 0. The fourth-order valence-electron chi connectivity index (χ4n) is 8.01. The summed E-state index contributed by atoms with van der Waals surface area (Å²) in [4.78, 5) is 37.8. The molecule has 0 fully saturated rings. The molecule has 0 spiro atoms. The monoisotopic (exact) mass is 973 g/mol. The van der Waals surface area contributed by atoms with Gasteiger partial charge in [-0.05, 0) is 96.3 Å². The molecule has 0 aliphatic heterocycles. The lowest BCUT2D eigenvalue weighted by molar-refractivity contribution is -0.167. The van der Waals surface area contributed by atoms with Crippen molar-refractivity contribution < 1.29 is 28.6 Å². The molecule has 0 aromatic heterocycles. The van der Waals surface area contributed by atoms with E-state index in [9.17, 15) is 14.4 Å². The fourth-order valence-corrected chi connectivity index (χ4v) is 8.01. The van der Waals surface area contributed by atoms with Gasteiger partial charge in [0.2, 0.25) is 0 Å². The molecule has 0 aliphatic carbocycles. The maximum absolute atomic E-state index is 12.7. The lowest BCUT2D eigenvalue weighted by Gasteiger charge is -2.18. The SMILES string of the molecule is CC/C=C\C/C=C\C/C=C\C/C=C\CCCCCCCCCCCCCCCCCCCCC(=O)OCC(COC(=O)CCCCCCCC)OC(=O)CCCC/C=C\C/C=C\C/C=C\C/C=C\CC. The van der Waals surface area contributed by atoms with Gasteiger partial charge in [-0.3, -0.25) is 14.4 Å². The van der Waals surface area contributed by atoms with Crippen LogP contribution in [0.4, 0.5) is 0 Å². The zero-order valence-corrected chi connectivity index (χ0v) is 45.8. The molecule has 0 aromatic rings. The Kier molecular flexibility index (Phi) is 54.9. The number of allylic oxidation sites excluding steroid dienone is 16. The zero-order chi connectivity index (χ0) is 50.7. The van der Waals surface area contributed by atoms with Crippen LogP contribution in [0.1, 0.15) is 271 Å². The van der Waals surface area contributed by atoms with Gasteiger partial charge in [0.15, 0.2) is 6.10 Å². The van der Waals surface area contributed by atoms with Crippen LogP contribution in [-0.2, 0) is 28.6 Å². The molecular weight excluding hydrogens is 865 g/mol. The Hall–Kier alpha value is -3.67. The fraction of sp³-hybridized carbons (Fsp3) is 0.703. The second kappa shape index (κ2) is 57.9. The minimum Gasteiger partial charge on any atom is -0.462 e. The lowest BCUT2D eigenvalue weighted by atomic mass is 10.0. The quantitative estimate of drug-likeness (QED) is 0.0262.